The lowest BCUT2D eigenvalue weighted by Gasteiger charge is -2.32. The molecule has 8 heteroatoms. The van der Waals surface area contributed by atoms with E-state index >= 15 is 0 Å². The summed E-state index contributed by atoms with van der Waals surface area (Å²) in [4.78, 5) is 27.7. The van der Waals surface area contributed by atoms with Gasteiger partial charge in [-0.1, -0.05) is 6.07 Å². The molecule has 3 aromatic rings. The van der Waals surface area contributed by atoms with Crippen molar-refractivity contribution in [1.29, 1.82) is 0 Å². The van der Waals surface area contributed by atoms with Gasteiger partial charge in [-0.25, -0.2) is 15.0 Å². The first-order chi connectivity index (χ1) is 15.1. The van der Waals surface area contributed by atoms with Gasteiger partial charge in [-0.15, -0.1) is 0 Å². The van der Waals surface area contributed by atoms with Crippen molar-refractivity contribution in [3.05, 3.63) is 66.0 Å². The molecule has 1 aliphatic rings. The van der Waals surface area contributed by atoms with Gasteiger partial charge in [0.2, 0.25) is 5.91 Å². The topological polar surface area (TPSA) is 88.8 Å². The Bertz CT molecular complexity index is 1080. The second-order valence-corrected chi connectivity index (χ2v) is 7.97. The molecule has 1 atom stereocenters. The van der Waals surface area contributed by atoms with E-state index < -0.39 is 0 Å². The van der Waals surface area contributed by atoms with E-state index in [1.165, 1.54) is 0 Å². The van der Waals surface area contributed by atoms with Crippen molar-refractivity contribution < 1.29 is 4.79 Å². The summed E-state index contributed by atoms with van der Waals surface area (Å²) in [6.45, 7) is 3.54. The van der Waals surface area contributed by atoms with Gasteiger partial charge in [0.05, 0.1) is 6.20 Å². The summed E-state index contributed by atoms with van der Waals surface area (Å²) in [5.74, 6) is 1.95. The van der Waals surface area contributed by atoms with E-state index in [4.69, 9.17) is 0 Å². The molecular weight excluding hydrogens is 390 g/mol. The van der Waals surface area contributed by atoms with Crippen molar-refractivity contribution in [2.45, 2.75) is 26.2 Å². The number of amides is 1. The third-order valence-electron chi connectivity index (χ3n) is 5.45. The Morgan fingerprint density at radius 2 is 2.23 bits per heavy atom. The SMILES string of the molecule is Cc1cccnc1Nc1cc(C[C@@H]2CCCN(C(=O)/C=C/c3cnn(C)c3)C2)ncn1. The van der Waals surface area contributed by atoms with Crippen LogP contribution in [0.1, 0.15) is 29.7 Å². The van der Waals surface area contributed by atoms with Crippen molar-refractivity contribution in [1.82, 2.24) is 29.6 Å². The second-order valence-electron chi connectivity index (χ2n) is 7.97. The van der Waals surface area contributed by atoms with E-state index in [1.807, 2.05) is 49.3 Å². The zero-order valence-corrected chi connectivity index (χ0v) is 17.9. The van der Waals surface area contributed by atoms with Crippen LogP contribution < -0.4 is 5.32 Å². The lowest BCUT2D eigenvalue weighted by Crippen LogP contribution is -2.39. The monoisotopic (exact) mass is 417 g/mol. The Balaban J connectivity index is 1.36. The fraction of sp³-hybridized carbons (Fsp3) is 0.348. The second kappa shape index (κ2) is 9.51. The van der Waals surface area contributed by atoms with Gasteiger partial charge in [-0.3, -0.25) is 9.48 Å². The molecule has 1 fully saturated rings. The summed E-state index contributed by atoms with van der Waals surface area (Å²) in [6.07, 6.45) is 13.3. The maximum absolute atomic E-state index is 12.6. The van der Waals surface area contributed by atoms with Gasteiger partial charge in [0, 0.05) is 55.9 Å². The number of likely N-dealkylation sites (tertiary alicyclic amines) is 1. The highest BCUT2D eigenvalue weighted by Gasteiger charge is 2.23. The van der Waals surface area contributed by atoms with Gasteiger partial charge in [0.1, 0.15) is 18.0 Å². The van der Waals surface area contributed by atoms with Gasteiger partial charge < -0.3 is 10.2 Å². The fourth-order valence-corrected chi connectivity index (χ4v) is 3.84. The summed E-state index contributed by atoms with van der Waals surface area (Å²) in [5.41, 5.74) is 2.95. The standard InChI is InChI=1S/C23H27N7O/c1-17-5-3-9-24-23(17)28-21-12-20(25-16-26-21)11-18-6-4-10-30(15-18)22(31)8-7-19-13-27-29(2)14-19/h3,5,7-9,12-14,16,18H,4,6,10-11,15H2,1-2H3,(H,24,25,26,28)/b8-7+/t18-/m0/s1. The summed E-state index contributed by atoms with van der Waals surface area (Å²) >= 11 is 0. The van der Waals surface area contributed by atoms with E-state index in [0.717, 1.165) is 60.8 Å². The van der Waals surface area contributed by atoms with Crippen molar-refractivity contribution >= 4 is 23.6 Å². The zero-order chi connectivity index (χ0) is 21.6. The quantitative estimate of drug-likeness (QED) is 0.620. The normalized spacial score (nSPS) is 16.6. The highest BCUT2D eigenvalue weighted by molar-refractivity contribution is 5.91. The summed E-state index contributed by atoms with van der Waals surface area (Å²) in [6, 6.07) is 5.89. The number of hydrogen-bond donors (Lipinski definition) is 1. The van der Waals surface area contributed by atoms with Crippen LogP contribution in [0.4, 0.5) is 11.6 Å². The minimum Gasteiger partial charge on any atom is -0.339 e. The predicted octanol–water partition coefficient (Wildman–Crippen LogP) is 3.15. The van der Waals surface area contributed by atoms with Crippen molar-refractivity contribution in [2.75, 3.05) is 18.4 Å². The molecule has 3 aromatic heterocycles. The van der Waals surface area contributed by atoms with Crippen molar-refractivity contribution in [3.63, 3.8) is 0 Å². The van der Waals surface area contributed by atoms with Crippen LogP contribution in [0, 0.1) is 12.8 Å². The molecule has 4 heterocycles. The molecule has 4 rings (SSSR count). The molecular formula is C23H27N7O. The molecule has 1 amide bonds. The molecule has 1 aliphatic heterocycles. The number of hydrogen-bond acceptors (Lipinski definition) is 6. The van der Waals surface area contributed by atoms with Crippen LogP contribution in [0.3, 0.4) is 0 Å². The van der Waals surface area contributed by atoms with Gasteiger partial charge >= 0.3 is 0 Å². The first kappa shape index (κ1) is 20.7. The highest BCUT2D eigenvalue weighted by atomic mass is 16.2. The van der Waals surface area contributed by atoms with E-state index in [2.05, 4.69) is 25.4 Å². The van der Waals surface area contributed by atoms with E-state index in [0.29, 0.717) is 5.92 Å². The Morgan fingerprint density at radius 3 is 3.03 bits per heavy atom. The van der Waals surface area contributed by atoms with Gasteiger partial charge in [-0.2, -0.15) is 5.10 Å². The van der Waals surface area contributed by atoms with Crippen LogP contribution in [-0.2, 0) is 18.3 Å². The average molecular weight is 418 g/mol. The largest absolute Gasteiger partial charge is 0.339 e. The van der Waals surface area contributed by atoms with E-state index in [-0.39, 0.29) is 5.91 Å². The average Bonchev–Trinajstić information content (AvgIpc) is 3.19. The maximum Gasteiger partial charge on any atom is 0.246 e. The van der Waals surface area contributed by atoms with Gasteiger partial charge in [0.25, 0.3) is 0 Å². The van der Waals surface area contributed by atoms with Crippen molar-refractivity contribution in [2.24, 2.45) is 13.0 Å². The molecule has 0 aromatic carbocycles. The lowest BCUT2D eigenvalue weighted by molar-refractivity contribution is -0.127. The molecule has 1 saturated heterocycles. The third kappa shape index (κ3) is 5.53. The fourth-order valence-electron chi connectivity index (χ4n) is 3.84. The summed E-state index contributed by atoms with van der Waals surface area (Å²) in [7, 11) is 1.86. The number of piperidine rings is 1. The highest BCUT2D eigenvalue weighted by Crippen LogP contribution is 2.22. The van der Waals surface area contributed by atoms with Crippen LogP contribution in [0.2, 0.25) is 0 Å². The summed E-state index contributed by atoms with van der Waals surface area (Å²) in [5, 5.41) is 7.39. The number of anilines is 2. The Kier molecular flexibility index (Phi) is 6.35. The van der Waals surface area contributed by atoms with Crippen LogP contribution in [0.15, 0.2) is 49.2 Å². The molecule has 0 saturated carbocycles. The molecule has 31 heavy (non-hydrogen) atoms. The number of rotatable bonds is 6. The smallest absolute Gasteiger partial charge is 0.246 e. The van der Waals surface area contributed by atoms with Crippen LogP contribution >= 0.6 is 0 Å². The Hall–Kier alpha value is -3.55. The van der Waals surface area contributed by atoms with Crippen LogP contribution in [-0.4, -0.2) is 48.6 Å². The maximum atomic E-state index is 12.6. The van der Waals surface area contributed by atoms with Gasteiger partial charge in [-0.05, 0) is 49.8 Å². The minimum absolute atomic E-state index is 0.0456. The zero-order valence-electron chi connectivity index (χ0n) is 17.9. The number of carbonyl (C=O) groups excluding carboxylic acids is 1. The number of aromatic nitrogens is 5. The number of aryl methyl sites for hydroxylation is 2. The van der Waals surface area contributed by atoms with Gasteiger partial charge in [0.15, 0.2) is 0 Å². The molecule has 0 bridgehead atoms. The van der Waals surface area contributed by atoms with E-state index in [9.17, 15) is 4.79 Å². The Morgan fingerprint density at radius 1 is 1.32 bits per heavy atom. The molecule has 0 spiro atoms. The Labute approximate surface area is 182 Å². The first-order valence-electron chi connectivity index (χ1n) is 10.5. The predicted molar refractivity (Wildman–Crippen MR) is 120 cm³/mol. The summed E-state index contributed by atoms with van der Waals surface area (Å²) < 4.78 is 1.72. The molecule has 8 nitrogen and oxygen atoms in total. The molecule has 0 unspecified atom stereocenters. The van der Waals surface area contributed by atoms with E-state index in [1.54, 1.807) is 29.5 Å². The van der Waals surface area contributed by atoms with Crippen molar-refractivity contribution in [3.8, 4) is 0 Å². The van der Waals surface area contributed by atoms with Crippen LogP contribution in [0.25, 0.3) is 6.08 Å². The molecule has 1 N–H and O–H groups in total. The number of nitrogens with one attached hydrogen (secondary N) is 1. The molecule has 160 valence electrons. The minimum atomic E-state index is 0.0456. The number of nitrogens with zero attached hydrogens (tertiary/aromatic N) is 6. The lowest BCUT2D eigenvalue weighted by atomic mass is 9.93. The number of carbonyl (C=O) groups is 1. The molecule has 0 radical (unpaired) electrons. The first-order valence-corrected chi connectivity index (χ1v) is 10.5. The third-order valence-corrected chi connectivity index (χ3v) is 5.45. The number of pyridine rings is 1. The molecule has 0 aliphatic carbocycles. The van der Waals surface area contributed by atoms with Crippen LogP contribution in [0.5, 0.6) is 0 Å².